The molecular weight excluding hydrogens is 301 g/mol. The maximum atomic E-state index is 14.0. The Bertz CT molecular complexity index is 824. The summed E-state index contributed by atoms with van der Waals surface area (Å²) in [5, 5.41) is 5.08. The largest absolute Gasteiger partial charge is 0.315 e. The average Bonchev–Trinajstić information content (AvgIpc) is 3.08. The zero-order chi connectivity index (χ0) is 15.7. The summed E-state index contributed by atoms with van der Waals surface area (Å²) in [6.45, 7) is 3.65. The first-order valence-corrected chi connectivity index (χ1v) is 7.60. The van der Waals surface area contributed by atoms with Crippen LogP contribution in [0.15, 0.2) is 41.9 Å². The van der Waals surface area contributed by atoms with E-state index in [0.29, 0.717) is 22.1 Å². The van der Waals surface area contributed by atoms with E-state index in [1.54, 1.807) is 47.3 Å². The van der Waals surface area contributed by atoms with Gasteiger partial charge in [0.1, 0.15) is 5.82 Å². The SMILES string of the molecule is Cc1cc(C(=O)Nc2nccs2)c(C)n1-c1ccccc1F. The van der Waals surface area contributed by atoms with Gasteiger partial charge in [-0.15, -0.1) is 11.3 Å². The molecule has 2 heterocycles. The van der Waals surface area contributed by atoms with Gasteiger partial charge in [-0.2, -0.15) is 0 Å². The number of carbonyl (C=O) groups is 1. The lowest BCUT2D eigenvalue weighted by molar-refractivity contribution is 0.102. The Kier molecular flexibility index (Phi) is 3.77. The number of thiazole rings is 1. The second kappa shape index (κ2) is 5.73. The number of para-hydroxylation sites is 1. The van der Waals surface area contributed by atoms with Crippen LogP contribution in [0.1, 0.15) is 21.7 Å². The van der Waals surface area contributed by atoms with Crippen LogP contribution in [0.4, 0.5) is 9.52 Å². The van der Waals surface area contributed by atoms with E-state index in [0.717, 1.165) is 5.69 Å². The fourth-order valence-corrected chi connectivity index (χ4v) is 2.97. The molecule has 0 saturated heterocycles. The van der Waals surface area contributed by atoms with Crippen molar-refractivity contribution in [2.45, 2.75) is 13.8 Å². The van der Waals surface area contributed by atoms with Gasteiger partial charge >= 0.3 is 0 Å². The van der Waals surface area contributed by atoms with E-state index >= 15 is 0 Å². The van der Waals surface area contributed by atoms with Gasteiger partial charge in [0.25, 0.3) is 5.91 Å². The maximum absolute atomic E-state index is 14.0. The first-order chi connectivity index (χ1) is 10.6. The van der Waals surface area contributed by atoms with Crippen LogP contribution in [0, 0.1) is 19.7 Å². The molecule has 1 N–H and O–H groups in total. The average molecular weight is 315 g/mol. The highest BCUT2D eigenvalue weighted by Crippen LogP contribution is 2.23. The van der Waals surface area contributed by atoms with E-state index in [4.69, 9.17) is 0 Å². The number of anilines is 1. The Morgan fingerprint density at radius 2 is 2.09 bits per heavy atom. The summed E-state index contributed by atoms with van der Waals surface area (Å²) < 4.78 is 15.8. The molecular formula is C16H14FN3OS. The number of aryl methyl sites for hydroxylation is 1. The Balaban J connectivity index is 2.00. The molecule has 2 aromatic heterocycles. The van der Waals surface area contributed by atoms with Crippen molar-refractivity contribution in [2.75, 3.05) is 5.32 Å². The number of nitrogens with one attached hydrogen (secondary N) is 1. The summed E-state index contributed by atoms with van der Waals surface area (Å²) >= 11 is 1.35. The molecule has 22 heavy (non-hydrogen) atoms. The normalized spacial score (nSPS) is 10.7. The molecule has 0 bridgehead atoms. The van der Waals surface area contributed by atoms with Crippen LogP contribution in [-0.2, 0) is 0 Å². The second-order valence-corrected chi connectivity index (χ2v) is 5.76. The number of carbonyl (C=O) groups excluding carboxylic acids is 1. The molecule has 3 aromatic rings. The summed E-state index contributed by atoms with van der Waals surface area (Å²) in [4.78, 5) is 16.4. The van der Waals surface area contributed by atoms with Crippen molar-refractivity contribution in [3.63, 3.8) is 0 Å². The number of hydrogen-bond acceptors (Lipinski definition) is 3. The number of rotatable bonds is 3. The third kappa shape index (κ3) is 2.53. The molecule has 0 atom stereocenters. The molecule has 0 fully saturated rings. The van der Waals surface area contributed by atoms with Gasteiger partial charge in [-0.1, -0.05) is 12.1 Å². The van der Waals surface area contributed by atoms with Crippen molar-refractivity contribution in [2.24, 2.45) is 0 Å². The molecule has 3 rings (SSSR count). The van der Waals surface area contributed by atoms with Crippen LogP contribution in [0.5, 0.6) is 0 Å². The van der Waals surface area contributed by atoms with Crippen molar-refractivity contribution in [3.05, 3.63) is 64.7 Å². The predicted molar refractivity (Wildman–Crippen MR) is 85.3 cm³/mol. The van der Waals surface area contributed by atoms with Crippen LogP contribution >= 0.6 is 11.3 Å². The molecule has 0 aliphatic rings. The van der Waals surface area contributed by atoms with Gasteiger partial charge in [0.05, 0.1) is 11.3 Å². The minimum Gasteiger partial charge on any atom is -0.315 e. The van der Waals surface area contributed by atoms with Crippen molar-refractivity contribution in [3.8, 4) is 5.69 Å². The molecule has 0 aliphatic carbocycles. The summed E-state index contributed by atoms with van der Waals surface area (Å²) in [6.07, 6.45) is 1.63. The molecule has 0 saturated carbocycles. The molecule has 1 aromatic carbocycles. The second-order valence-electron chi connectivity index (χ2n) is 4.86. The monoisotopic (exact) mass is 315 g/mol. The quantitative estimate of drug-likeness (QED) is 0.795. The fourth-order valence-electron chi connectivity index (χ4n) is 2.45. The van der Waals surface area contributed by atoms with Gasteiger partial charge in [0.2, 0.25) is 0 Å². The van der Waals surface area contributed by atoms with E-state index < -0.39 is 0 Å². The molecule has 6 heteroatoms. The van der Waals surface area contributed by atoms with Crippen molar-refractivity contribution < 1.29 is 9.18 Å². The molecule has 0 unspecified atom stereocenters. The highest BCUT2D eigenvalue weighted by Gasteiger charge is 2.18. The van der Waals surface area contributed by atoms with E-state index in [9.17, 15) is 9.18 Å². The summed E-state index contributed by atoms with van der Waals surface area (Å²) in [6, 6.07) is 8.27. The zero-order valence-corrected chi connectivity index (χ0v) is 12.9. The van der Waals surface area contributed by atoms with Gasteiger partial charge in [-0.3, -0.25) is 10.1 Å². The first kappa shape index (κ1) is 14.5. The number of nitrogens with zero attached hydrogens (tertiary/aromatic N) is 2. The van der Waals surface area contributed by atoms with Crippen molar-refractivity contribution >= 4 is 22.4 Å². The zero-order valence-electron chi connectivity index (χ0n) is 12.1. The topological polar surface area (TPSA) is 46.9 Å². The summed E-state index contributed by atoms with van der Waals surface area (Å²) in [5.41, 5.74) is 2.44. The predicted octanol–water partition coefficient (Wildman–Crippen LogP) is 3.94. The molecule has 4 nitrogen and oxygen atoms in total. The Hall–Kier alpha value is -2.47. The van der Waals surface area contributed by atoms with Crippen LogP contribution in [-0.4, -0.2) is 15.5 Å². The Labute approximate surface area is 131 Å². The minimum atomic E-state index is -0.323. The van der Waals surface area contributed by atoms with Crippen molar-refractivity contribution in [1.82, 2.24) is 9.55 Å². The first-order valence-electron chi connectivity index (χ1n) is 6.72. The molecule has 112 valence electrons. The summed E-state index contributed by atoms with van der Waals surface area (Å²) in [5.74, 6) is -0.568. The van der Waals surface area contributed by atoms with Crippen LogP contribution in [0.25, 0.3) is 5.69 Å². The maximum Gasteiger partial charge on any atom is 0.259 e. The molecule has 0 aliphatic heterocycles. The van der Waals surface area contributed by atoms with Crippen molar-refractivity contribution in [1.29, 1.82) is 0 Å². The summed E-state index contributed by atoms with van der Waals surface area (Å²) in [7, 11) is 0. The number of hydrogen-bond donors (Lipinski definition) is 1. The fraction of sp³-hybridized carbons (Fsp3) is 0.125. The Morgan fingerprint density at radius 1 is 1.32 bits per heavy atom. The van der Waals surface area contributed by atoms with Crippen LogP contribution < -0.4 is 5.32 Å². The van der Waals surface area contributed by atoms with Gasteiger partial charge < -0.3 is 4.57 Å². The molecule has 1 amide bonds. The number of halogens is 1. The van der Waals surface area contributed by atoms with E-state index in [1.165, 1.54) is 17.4 Å². The van der Waals surface area contributed by atoms with Gasteiger partial charge in [0.15, 0.2) is 5.13 Å². The van der Waals surface area contributed by atoms with E-state index in [2.05, 4.69) is 10.3 Å². The minimum absolute atomic E-state index is 0.245. The highest BCUT2D eigenvalue weighted by atomic mass is 32.1. The lowest BCUT2D eigenvalue weighted by atomic mass is 10.2. The van der Waals surface area contributed by atoms with E-state index in [1.807, 2.05) is 6.92 Å². The third-order valence-electron chi connectivity index (χ3n) is 3.42. The molecule has 0 radical (unpaired) electrons. The van der Waals surface area contributed by atoms with Crippen LogP contribution in [0.2, 0.25) is 0 Å². The van der Waals surface area contributed by atoms with Gasteiger partial charge in [-0.05, 0) is 32.0 Å². The van der Waals surface area contributed by atoms with E-state index in [-0.39, 0.29) is 11.7 Å². The Morgan fingerprint density at radius 3 is 2.77 bits per heavy atom. The standard InChI is InChI=1S/C16H14FN3OS/c1-10-9-12(15(21)19-16-18-7-8-22-16)11(2)20(10)14-6-4-3-5-13(14)17/h3-9H,1-2H3,(H,18,19,21). The van der Waals surface area contributed by atoms with Gasteiger partial charge in [0, 0.05) is 23.0 Å². The lowest BCUT2D eigenvalue weighted by Crippen LogP contribution is -2.13. The van der Waals surface area contributed by atoms with Crippen LogP contribution in [0.3, 0.4) is 0 Å². The number of benzene rings is 1. The van der Waals surface area contributed by atoms with Gasteiger partial charge in [-0.25, -0.2) is 9.37 Å². The number of amides is 1. The molecule has 0 spiro atoms. The smallest absolute Gasteiger partial charge is 0.259 e. The highest BCUT2D eigenvalue weighted by molar-refractivity contribution is 7.13. The third-order valence-corrected chi connectivity index (χ3v) is 4.11. The lowest BCUT2D eigenvalue weighted by Gasteiger charge is -2.10. The number of aromatic nitrogens is 2.